The zero-order valence-electron chi connectivity index (χ0n) is 35.1. The summed E-state index contributed by atoms with van der Waals surface area (Å²) in [5, 5.41) is 8.33. The highest BCUT2D eigenvalue weighted by atomic mass is 19.4. The van der Waals surface area contributed by atoms with Crippen molar-refractivity contribution in [1.29, 1.82) is 0 Å². The lowest BCUT2D eigenvalue weighted by atomic mass is 9.86. The second-order valence-corrected chi connectivity index (χ2v) is 16.6. The Morgan fingerprint density at radius 1 is 0.667 bits per heavy atom. The molecule has 6 unspecified atom stereocenters. The van der Waals surface area contributed by atoms with Crippen LogP contribution in [0.1, 0.15) is 82.0 Å². The standard InChI is InChI=1S/C23H19F4N5O.C22H21F3N6O2/c24-14-2-4-17(21-28-6-1-7-29-21)18(10-14)22(33)32-16-3-5-19(32)13(9-16)8-15-11-31-20(12-30-15)23(25,26)27;1-33-18-4-2-3-17(31-28-7-8-29-31)20(18)21(32)30-15-5-6-16(30)13(10-15)9-14-11-27-19(12-26-14)22(23,24)25/h1-2,4,6-7,10-13,16,19H,3,5,8-9H2;2-4,7-8,11-13,15-16H,5-6,9-10H2,1H3. The molecule has 4 aliphatic rings. The van der Waals surface area contributed by atoms with Crippen LogP contribution in [0.5, 0.6) is 5.75 Å². The lowest BCUT2D eigenvalue weighted by Gasteiger charge is -2.26. The Kier molecular flexibility index (Phi) is 11.9. The molecule has 66 heavy (non-hydrogen) atoms. The molecule has 2 aromatic carbocycles. The van der Waals surface area contributed by atoms with Crippen LogP contribution >= 0.6 is 0 Å². The number of carbonyl (C=O) groups is 2. The van der Waals surface area contributed by atoms with E-state index in [2.05, 4.69) is 40.1 Å². The smallest absolute Gasteiger partial charge is 0.434 e. The maximum absolute atomic E-state index is 14.1. The maximum Gasteiger partial charge on any atom is 0.434 e. The Morgan fingerprint density at radius 3 is 1.74 bits per heavy atom. The zero-order valence-corrected chi connectivity index (χ0v) is 35.1. The van der Waals surface area contributed by atoms with E-state index >= 15 is 0 Å². The van der Waals surface area contributed by atoms with Crippen molar-refractivity contribution in [3.63, 3.8) is 0 Å². The Hall–Kier alpha value is -6.93. The first-order chi connectivity index (χ1) is 31.7. The van der Waals surface area contributed by atoms with Crippen LogP contribution in [0.15, 0.2) is 92.0 Å². The van der Waals surface area contributed by atoms with E-state index in [4.69, 9.17) is 4.74 Å². The summed E-state index contributed by atoms with van der Waals surface area (Å²) in [5.41, 5.74) is 0.490. The van der Waals surface area contributed by atoms with Gasteiger partial charge < -0.3 is 14.5 Å². The summed E-state index contributed by atoms with van der Waals surface area (Å²) >= 11 is 0. The van der Waals surface area contributed by atoms with E-state index in [9.17, 15) is 40.3 Å². The summed E-state index contributed by atoms with van der Waals surface area (Å²) in [6, 6.07) is 10.8. The second-order valence-electron chi connectivity index (χ2n) is 16.6. The molecule has 4 saturated heterocycles. The molecule has 10 rings (SSSR count). The van der Waals surface area contributed by atoms with Gasteiger partial charge in [-0.2, -0.15) is 41.3 Å². The molecule has 4 fully saturated rings. The van der Waals surface area contributed by atoms with Gasteiger partial charge >= 0.3 is 12.4 Å². The van der Waals surface area contributed by atoms with Gasteiger partial charge in [-0.3, -0.25) is 19.6 Å². The number of hydrogen-bond donors (Lipinski definition) is 0. The Morgan fingerprint density at radius 2 is 1.23 bits per heavy atom. The van der Waals surface area contributed by atoms with Crippen molar-refractivity contribution in [2.24, 2.45) is 11.8 Å². The van der Waals surface area contributed by atoms with Gasteiger partial charge in [0.05, 0.1) is 48.8 Å². The summed E-state index contributed by atoms with van der Waals surface area (Å²) in [4.78, 5) is 55.7. The Balaban J connectivity index is 0.000000166. The number of alkyl halides is 6. The molecule has 0 spiro atoms. The van der Waals surface area contributed by atoms with Crippen LogP contribution in [0, 0.1) is 17.7 Å². The number of benzene rings is 2. The number of hydrogen-bond acceptors (Lipinski definition) is 11. The topological polar surface area (TPSA) is 158 Å². The first kappa shape index (κ1) is 44.3. The average molecular weight is 916 g/mol. The highest BCUT2D eigenvalue weighted by Crippen LogP contribution is 2.46. The summed E-state index contributed by atoms with van der Waals surface area (Å²) in [5.74, 6) is -0.0569. The molecular formula is C45H40F7N11O3. The van der Waals surface area contributed by atoms with Gasteiger partial charge in [-0.25, -0.2) is 24.3 Å². The fourth-order valence-corrected chi connectivity index (χ4v) is 10.1. The van der Waals surface area contributed by atoms with Crippen LogP contribution in [0.25, 0.3) is 17.1 Å². The number of methoxy groups -OCH3 is 1. The molecule has 0 saturated carbocycles. The van der Waals surface area contributed by atoms with Crippen molar-refractivity contribution in [2.45, 2.75) is 87.9 Å². The lowest BCUT2D eigenvalue weighted by Crippen LogP contribution is -2.37. The van der Waals surface area contributed by atoms with Crippen LogP contribution in [-0.2, 0) is 25.2 Å². The minimum Gasteiger partial charge on any atom is -0.496 e. The molecule has 4 aromatic heterocycles. The van der Waals surface area contributed by atoms with Crippen molar-refractivity contribution < 1.29 is 45.1 Å². The van der Waals surface area contributed by atoms with Gasteiger partial charge in [0.2, 0.25) is 0 Å². The molecule has 6 atom stereocenters. The van der Waals surface area contributed by atoms with Crippen molar-refractivity contribution >= 4 is 11.8 Å². The lowest BCUT2D eigenvalue weighted by molar-refractivity contribution is -0.142. The molecule has 0 aliphatic carbocycles. The summed E-state index contributed by atoms with van der Waals surface area (Å²) < 4.78 is 96.2. The molecule has 4 aliphatic heterocycles. The van der Waals surface area contributed by atoms with E-state index in [1.54, 1.807) is 41.6 Å². The molecule has 8 heterocycles. The Bertz CT molecular complexity index is 2690. The largest absolute Gasteiger partial charge is 0.496 e. The number of nitrogens with zero attached hydrogens (tertiary/aromatic N) is 11. The van der Waals surface area contributed by atoms with Crippen LogP contribution in [0.3, 0.4) is 0 Å². The molecule has 21 heteroatoms. The minimum absolute atomic E-state index is 0.0114. The minimum atomic E-state index is -4.54. The monoisotopic (exact) mass is 915 g/mol. The number of aromatic nitrogens is 9. The fraction of sp³-hybridized carbons (Fsp3) is 0.378. The molecule has 342 valence electrons. The summed E-state index contributed by atoms with van der Waals surface area (Å²) in [6.07, 6.45) is 6.68. The second kappa shape index (κ2) is 17.8. The van der Waals surface area contributed by atoms with Gasteiger partial charge in [-0.15, -0.1) is 0 Å². The number of amides is 2. The number of ether oxygens (including phenoxy) is 1. The van der Waals surface area contributed by atoms with Crippen molar-refractivity contribution in [2.75, 3.05) is 7.11 Å². The molecule has 14 nitrogen and oxygen atoms in total. The van der Waals surface area contributed by atoms with E-state index in [0.717, 1.165) is 50.7 Å². The van der Waals surface area contributed by atoms with Crippen molar-refractivity contribution in [1.82, 2.24) is 54.7 Å². The fourth-order valence-electron chi connectivity index (χ4n) is 10.1. The predicted molar refractivity (Wildman–Crippen MR) is 219 cm³/mol. The number of halogens is 7. The quantitative estimate of drug-likeness (QED) is 0.131. The summed E-state index contributed by atoms with van der Waals surface area (Å²) in [6.45, 7) is 0. The average Bonchev–Trinajstić information content (AvgIpc) is 4.17. The van der Waals surface area contributed by atoms with Crippen LogP contribution in [0.2, 0.25) is 0 Å². The maximum atomic E-state index is 14.1. The highest BCUT2D eigenvalue weighted by Gasteiger charge is 2.51. The van der Waals surface area contributed by atoms with E-state index in [-0.39, 0.29) is 53.4 Å². The normalized spacial score (nSPS) is 22.1. The molecule has 6 aromatic rings. The third-order valence-electron chi connectivity index (χ3n) is 12.8. The molecule has 4 bridgehead atoms. The Labute approximate surface area is 372 Å². The van der Waals surface area contributed by atoms with Gasteiger partial charge in [0.1, 0.15) is 22.8 Å². The van der Waals surface area contributed by atoms with Crippen LogP contribution in [0.4, 0.5) is 30.7 Å². The third-order valence-corrected chi connectivity index (χ3v) is 12.8. The van der Waals surface area contributed by atoms with Crippen molar-refractivity contribution in [3.05, 3.63) is 132 Å². The van der Waals surface area contributed by atoms with Crippen LogP contribution in [-0.4, -0.2) is 97.8 Å². The van der Waals surface area contributed by atoms with Crippen LogP contribution < -0.4 is 4.74 Å². The first-order valence-electron chi connectivity index (χ1n) is 21.2. The molecule has 2 amide bonds. The molecule has 0 N–H and O–H groups in total. The van der Waals surface area contributed by atoms with Gasteiger partial charge in [0.25, 0.3) is 11.8 Å². The molecular weight excluding hydrogens is 876 g/mol. The van der Waals surface area contributed by atoms with Gasteiger partial charge in [0, 0.05) is 54.5 Å². The number of fused-ring (bicyclic) bond motifs is 4. The van der Waals surface area contributed by atoms with E-state index in [1.165, 1.54) is 48.7 Å². The number of rotatable bonds is 9. The van der Waals surface area contributed by atoms with Gasteiger partial charge in [-0.1, -0.05) is 6.07 Å². The third kappa shape index (κ3) is 8.77. The SMILES string of the molecule is COc1cccc(-n2nccn2)c1C(=O)N1C2CCC1C(Cc1cnc(C(F)(F)F)cn1)C2.O=C(c1cc(F)ccc1-c1ncccn1)N1C2CCC1C(Cc1cnc(C(F)(F)F)cn1)C2. The zero-order chi connectivity index (χ0) is 46.3. The van der Waals surface area contributed by atoms with E-state index in [0.29, 0.717) is 59.0 Å². The molecule has 0 radical (unpaired) electrons. The van der Waals surface area contributed by atoms with Gasteiger partial charge in [-0.05, 0) is 99.6 Å². The summed E-state index contributed by atoms with van der Waals surface area (Å²) in [7, 11) is 1.51. The highest BCUT2D eigenvalue weighted by molar-refractivity contribution is 6.02. The first-order valence-corrected chi connectivity index (χ1v) is 21.2. The predicted octanol–water partition coefficient (Wildman–Crippen LogP) is 7.65. The number of carbonyl (C=O) groups excluding carboxylic acids is 2. The van der Waals surface area contributed by atoms with E-state index in [1.807, 2.05) is 4.90 Å². The van der Waals surface area contributed by atoms with Crippen molar-refractivity contribution in [3.8, 4) is 22.8 Å². The van der Waals surface area contributed by atoms with E-state index < -0.39 is 29.6 Å². The van der Waals surface area contributed by atoms with Gasteiger partial charge in [0.15, 0.2) is 17.2 Å².